The van der Waals surface area contributed by atoms with Gasteiger partial charge in [0, 0.05) is 5.69 Å². The summed E-state index contributed by atoms with van der Waals surface area (Å²) >= 11 is 5.96. The number of rotatable bonds is 5. The van der Waals surface area contributed by atoms with E-state index < -0.39 is 0 Å². The quantitative estimate of drug-likeness (QED) is 0.741. The van der Waals surface area contributed by atoms with Crippen molar-refractivity contribution in [3.8, 4) is 5.75 Å². The fourth-order valence-electron chi connectivity index (χ4n) is 1.66. The van der Waals surface area contributed by atoms with Crippen LogP contribution in [0.5, 0.6) is 5.75 Å². The number of nitrogens with two attached hydrogens (primary N) is 1. The third-order valence-electron chi connectivity index (χ3n) is 2.74. The second-order valence-corrected chi connectivity index (χ2v) is 4.79. The summed E-state index contributed by atoms with van der Waals surface area (Å²) in [4.78, 5) is 11.8. The Hall–Kier alpha value is -2.24. The Labute approximate surface area is 127 Å². The van der Waals surface area contributed by atoms with Crippen LogP contribution < -0.4 is 15.8 Å². The molecule has 2 aromatic carbocycles. The molecule has 4 N–H and O–H groups in total. The highest BCUT2D eigenvalue weighted by Crippen LogP contribution is 2.24. The molecule has 0 atom stereocenters. The van der Waals surface area contributed by atoms with E-state index in [0.29, 0.717) is 22.1 Å². The predicted molar refractivity (Wildman–Crippen MR) is 82.4 cm³/mol. The molecule has 0 aromatic heterocycles. The highest BCUT2D eigenvalue weighted by molar-refractivity contribution is 6.33. The van der Waals surface area contributed by atoms with E-state index in [1.807, 2.05) is 0 Å². The van der Waals surface area contributed by atoms with Gasteiger partial charge in [-0.05, 0) is 35.9 Å². The molecule has 0 bridgehead atoms. The maximum absolute atomic E-state index is 11.8. The molecule has 0 aliphatic carbocycles. The Morgan fingerprint density at radius 1 is 1.24 bits per heavy atom. The van der Waals surface area contributed by atoms with Gasteiger partial charge in [-0.1, -0.05) is 23.7 Å². The number of halogens is 1. The maximum Gasteiger partial charge on any atom is 0.262 e. The number of aliphatic hydroxyl groups excluding tert-OH is 1. The normalized spacial score (nSPS) is 10.2. The molecule has 0 unspecified atom stereocenters. The van der Waals surface area contributed by atoms with Gasteiger partial charge in [-0.25, -0.2) is 0 Å². The summed E-state index contributed by atoms with van der Waals surface area (Å²) in [6, 6.07) is 11.7. The Kier molecular flexibility index (Phi) is 5.03. The number of hydrogen-bond acceptors (Lipinski definition) is 4. The first-order valence-corrected chi connectivity index (χ1v) is 6.64. The molecule has 6 heteroatoms. The Morgan fingerprint density at radius 3 is 2.62 bits per heavy atom. The maximum atomic E-state index is 11.8. The standard InChI is InChI=1S/C15H15ClN2O3/c16-13-6-3-11(17)7-14(13)18-15(20)9-21-12-4-1-10(8-19)2-5-12/h1-7,19H,8-9,17H2,(H,18,20). The van der Waals surface area contributed by atoms with E-state index in [9.17, 15) is 4.79 Å². The second kappa shape index (κ2) is 6.97. The number of benzene rings is 2. The van der Waals surface area contributed by atoms with Crippen molar-refractivity contribution in [2.24, 2.45) is 0 Å². The lowest BCUT2D eigenvalue weighted by molar-refractivity contribution is -0.118. The van der Waals surface area contributed by atoms with E-state index >= 15 is 0 Å². The first kappa shape index (κ1) is 15.2. The van der Waals surface area contributed by atoms with E-state index in [-0.39, 0.29) is 19.1 Å². The van der Waals surface area contributed by atoms with E-state index in [1.165, 1.54) is 0 Å². The topological polar surface area (TPSA) is 84.6 Å². The van der Waals surface area contributed by atoms with Crippen LogP contribution in [0.1, 0.15) is 5.56 Å². The molecule has 0 fully saturated rings. The van der Waals surface area contributed by atoms with Crippen LogP contribution in [0.3, 0.4) is 0 Å². The van der Waals surface area contributed by atoms with Crippen molar-refractivity contribution >= 4 is 28.9 Å². The number of nitrogens with one attached hydrogen (secondary N) is 1. The predicted octanol–water partition coefficient (Wildman–Crippen LogP) is 2.43. The van der Waals surface area contributed by atoms with Gasteiger partial charge in [0.2, 0.25) is 0 Å². The summed E-state index contributed by atoms with van der Waals surface area (Å²) in [5.74, 6) is 0.203. The zero-order valence-electron chi connectivity index (χ0n) is 11.2. The van der Waals surface area contributed by atoms with Crippen LogP contribution in [-0.4, -0.2) is 17.6 Å². The molecule has 0 radical (unpaired) electrons. The number of carbonyl (C=O) groups excluding carboxylic acids is 1. The largest absolute Gasteiger partial charge is 0.484 e. The van der Waals surface area contributed by atoms with Crippen LogP contribution in [0.15, 0.2) is 42.5 Å². The van der Waals surface area contributed by atoms with Gasteiger partial charge in [0.1, 0.15) is 5.75 Å². The van der Waals surface area contributed by atoms with E-state index in [2.05, 4.69) is 5.32 Å². The molecule has 21 heavy (non-hydrogen) atoms. The average Bonchev–Trinajstić information content (AvgIpc) is 2.49. The monoisotopic (exact) mass is 306 g/mol. The van der Waals surface area contributed by atoms with Crippen LogP contribution in [0.25, 0.3) is 0 Å². The minimum atomic E-state index is -0.339. The fourth-order valence-corrected chi connectivity index (χ4v) is 1.83. The van der Waals surface area contributed by atoms with Crippen LogP contribution in [0, 0.1) is 0 Å². The first-order valence-electron chi connectivity index (χ1n) is 6.26. The fraction of sp³-hybridized carbons (Fsp3) is 0.133. The minimum Gasteiger partial charge on any atom is -0.484 e. The van der Waals surface area contributed by atoms with Gasteiger partial charge in [0.25, 0.3) is 5.91 Å². The Balaban J connectivity index is 1.91. The van der Waals surface area contributed by atoms with Gasteiger partial charge in [0.05, 0.1) is 17.3 Å². The van der Waals surface area contributed by atoms with Crippen molar-refractivity contribution < 1.29 is 14.6 Å². The average molecular weight is 307 g/mol. The lowest BCUT2D eigenvalue weighted by atomic mass is 10.2. The van der Waals surface area contributed by atoms with Crippen LogP contribution in [0.2, 0.25) is 5.02 Å². The summed E-state index contributed by atoms with van der Waals surface area (Å²) in [5.41, 5.74) is 7.36. The third-order valence-corrected chi connectivity index (χ3v) is 3.07. The van der Waals surface area contributed by atoms with E-state index in [1.54, 1.807) is 42.5 Å². The molecule has 110 valence electrons. The molecule has 1 amide bonds. The molecule has 0 aliphatic heterocycles. The Bertz CT molecular complexity index is 629. The van der Waals surface area contributed by atoms with Gasteiger partial charge in [-0.2, -0.15) is 0 Å². The van der Waals surface area contributed by atoms with Gasteiger partial charge in [0.15, 0.2) is 6.61 Å². The molecule has 0 saturated carbocycles. The zero-order valence-corrected chi connectivity index (χ0v) is 11.9. The SMILES string of the molecule is Nc1ccc(Cl)c(NC(=O)COc2ccc(CO)cc2)c1. The van der Waals surface area contributed by atoms with Crippen molar-refractivity contribution in [2.75, 3.05) is 17.7 Å². The summed E-state index contributed by atoms with van der Waals surface area (Å²) in [5, 5.41) is 12.0. The summed E-state index contributed by atoms with van der Waals surface area (Å²) in [6.45, 7) is -0.182. The lowest BCUT2D eigenvalue weighted by Crippen LogP contribution is -2.20. The number of nitrogen functional groups attached to an aromatic ring is 1. The number of aliphatic hydroxyl groups is 1. The van der Waals surface area contributed by atoms with Gasteiger partial charge < -0.3 is 20.9 Å². The molecular weight excluding hydrogens is 292 g/mol. The number of ether oxygens (including phenoxy) is 1. The van der Waals surface area contributed by atoms with Gasteiger partial charge in [-0.15, -0.1) is 0 Å². The smallest absolute Gasteiger partial charge is 0.262 e. The van der Waals surface area contributed by atoms with Crippen LogP contribution in [0.4, 0.5) is 11.4 Å². The molecule has 2 rings (SSSR count). The number of anilines is 2. The van der Waals surface area contributed by atoms with E-state index in [4.69, 9.17) is 27.2 Å². The molecular formula is C15H15ClN2O3. The number of carbonyl (C=O) groups is 1. The summed E-state index contributed by atoms with van der Waals surface area (Å²) in [7, 11) is 0. The van der Waals surface area contributed by atoms with Crippen molar-refractivity contribution in [1.29, 1.82) is 0 Å². The number of amides is 1. The van der Waals surface area contributed by atoms with Gasteiger partial charge in [-0.3, -0.25) is 4.79 Å². The van der Waals surface area contributed by atoms with Crippen LogP contribution >= 0.6 is 11.6 Å². The van der Waals surface area contributed by atoms with Crippen molar-refractivity contribution in [3.05, 3.63) is 53.1 Å². The third kappa shape index (κ3) is 4.37. The van der Waals surface area contributed by atoms with Crippen molar-refractivity contribution in [2.45, 2.75) is 6.61 Å². The lowest BCUT2D eigenvalue weighted by Gasteiger charge is -2.09. The highest BCUT2D eigenvalue weighted by atomic mass is 35.5. The molecule has 0 heterocycles. The molecule has 0 aliphatic rings. The zero-order chi connectivity index (χ0) is 15.2. The van der Waals surface area contributed by atoms with Gasteiger partial charge >= 0.3 is 0 Å². The molecule has 2 aromatic rings. The van der Waals surface area contributed by atoms with Crippen molar-refractivity contribution in [1.82, 2.24) is 0 Å². The minimum absolute atomic E-state index is 0.0330. The molecule has 0 saturated heterocycles. The van der Waals surface area contributed by atoms with Crippen LogP contribution in [-0.2, 0) is 11.4 Å². The van der Waals surface area contributed by atoms with Crippen molar-refractivity contribution in [3.63, 3.8) is 0 Å². The highest BCUT2D eigenvalue weighted by Gasteiger charge is 2.07. The van der Waals surface area contributed by atoms with E-state index in [0.717, 1.165) is 5.56 Å². The summed E-state index contributed by atoms with van der Waals surface area (Å²) < 4.78 is 5.34. The Morgan fingerprint density at radius 2 is 1.95 bits per heavy atom. The molecule has 0 spiro atoms. The first-order chi connectivity index (χ1) is 10.1. The summed E-state index contributed by atoms with van der Waals surface area (Å²) in [6.07, 6.45) is 0. The molecule has 5 nitrogen and oxygen atoms in total. The number of hydrogen-bond donors (Lipinski definition) is 3. The second-order valence-electron chi connectivity index (χ2n) is 4.38.